The number of rotatable bonds is 2. The molecule has 0 fully saturated rings. The number of aromatic hydroxyl groups is 1. The monoisotopic (exact) mass is 534 g/mol. The lowest BCUT2D eigenvalue weighted by Gasteiger charge is -2.49. The van der Waals surface area contributed by atoms with Gasteiger partial charge in [0.2, 0.25) is 0 Å². The molecule has 0 bridgehead atoms. The fourth-order valence-corrected chi connectivity index (χ4v) is 6.86. The van der Waals surface area contributed by atoms with Crippen molar-refractivity contribution in [2.45, 2.75) is 52.4 Å². The number of fused-ring (bicyclic) bond motifs is 3. The number of aliphatic hydroxyl groups is 1. The molecule has 1 amide bonds. The number of ketones is 1. The van der Waals surface area contributed by atoms with E-state index in [-0.39, 0.29) is 57.7 Å². The molecule has 4 N–H and O–H groups in total. The van der Waals surface area contributed by atoms with Crippen LogP contribution in [0.2, 0.25) is 0 Å². The Balaban J connectivity index is 0.00000181. The summed E-state index contributed by atoms with van der Waals surface area (Å²) >= 11 is 0. The first-order valence-corrected chi connectivity index (χ1v) is 13.2. The molecule has 204 valence electrons. The Morgan fingerprint density at radius 2 is 1.75 bits per heavy atom. The third-order valence-electron chi connectivity index (χ3n) is 8.79. The number of nitriles is 1. The SMILES string of the molecule is C#C.C=C1C(C(N)=O)=C(O)C[C@@H]2CC3Cc4c(-c5ccc(C(C)(C)C)cc5)ccc(O)c4C(=O)C3=C(C)[C@]12C#N. The fourth-order valence-electron chi connectivity index (χ4n) is 6.86. The molecule has 40 heavy (non-hydrogen) atoms. The van der Waals surface area contributed by atoms with Gasteiger partial charge >= 0.3 is 0 Å². The molecule has 3 aliphatic carbocycles. The Labute approximate surface area is 235 Å². The Bertz CT molecular complexity index is 1570. The highest BCUT2D eigenvalue weighted by atomic mass is 16.3. The van der Waals surface area contributed by atoms with Gasteiger partial charge in [-0.2, -0.15) is 5.26 Å². The molecule has 0 saturated carbocycles. The molecule has 0 aromatic heterocycles. The zero-order valence-corrected chi connectivity index (χ0v) is 23.3. The number of phenolic OH excluding ortho intramolecular Hbond substituents is 1. The Hall–Kier alpha value is -4.55. The average Bonchev–Trinajstić information content (AvgIpc) is 2.89. The summed E-state index contributed by atoms with van der Waals surface area (Å²) in [6, 6.07) is 14.0. The van der Waals surface area contributed by atoms with Crippen LogP contribution in [0.15, 0.2) is 71.0 Å². The van der Waals surface area contributed by atoms with E-state index in [9.17, 15) is 25.1 Å². The topological polar surface area (TPSA) is 124 Å². The quantitative estimate of drug-likeness (QED) is 0.404. The third-order valence-corrected chi connectivity index (χ3v) is 8.79. The summed E-state index contributed by atoms with van der Waals surface area (Å²) in [5.74, 6) is -1.97. The first-order chi connectivity index (χ1) is 18.8. The van der Waals surface area contributed by atoms with E-state index in [1.165, 1.54) is 5.56 Å². The highest BCUT2D eigenvalue weighted by Gasteiger charge is 2.56. The van der Waals surface area contributed by atoms with Crippen molar-refractivity contribution in [2.24, 2.45) is 23.0 Å². The second-order valence-corrected chi connectivity index (χ2v) is 11.8. The summed E-state index contributed by atoms with van der Waals surface area (Å²) in [7, 11) is 0. The zero-order chi connectivity index (χ0) is 29.7. The van der Waals surface area contributed by atoms with Crippen molar-refractivity contribution in [3.63, 3.8) is 0 Å². The van der Waals surface area contributed by atoms with Crippen molar-refractivity contribution in [1.82, 2.24) is 0 Å². The molecule has 3 aliphatic rings. The number of benzene rings is 2. The van der Waals surface area contributed by atoms with Gasteiger partial charge in [0.05, 0.1) is 17.2 Å². The number of carbonyl (C=O) groups excluding carboxylic acids is 2. The molecule has 0 saturated heterocycles. The van der Waals surface area contributed by atoms with Gasteiger partial charge in [0.1, 0.15) is 16.9 Å². The van der Waals surface area contributed by atoms with Crippen LogP contribution >= 0.6 is 0 Å². The Kier molecular flexibility index (Phi) is 7.03. The van der Waals surface area contributed by atoms with Crippen LogP contribution in [0, 0.1) is 41.4 Å². The van der Waals surface area contributed by atoms with Crippen molar-refractivity contribution in [3.8, 4) is 35.8 Å². The van der Waals surface area contributed by atoms with Crippen molar-refractivity contribution < 1.29 is 19.8 Å². The molecule has 3 atom stereocenters. The number of carbonyl (C=O) groups is 2. The number of terminal acetylenes is 1. The van der Waals surface area contributed by atoms with Gasteiger partial charge in [0.15, 0.2) is 5.78 Å². The number of hydrogen-bond donors (Lipinski definition) is 3. The molecule has 5 rings (SSSR count). The second-order valence-electron chi connectivity index (χ2n) is 11.8. The van der Waals surface area contributed by atoms with Gasteiger partial charge in [0, 0.05) is 12.0 Å². The van der Waals surface area contributed by atoms with Crippen LogP contribution in [0.1, 0.15) is 62.0 Å². The number of hydrogen-bond acceptors (Lipinski definition) is 5. The lowest BCUT2D eigenvalue weighted by atomic mass is 9.52. The summed E-state index contributed by atoms with van der Waals surface area (Å²) in [4.78, 5) is 26.2. The predicted octanol–water partition coefficient (Wildman–Crippen LogP) is 6.06. The van der Waals surface area contributed by atoms with Crippen LogP contribution in [0.3, 0.4) is 0 Å². The predicted molar refractivity (Wildman–Crippen MR) is 155 cm³/mol. The third kappa shape index (κ3) is 4.03. The van der Waals surface area contributed by atoms with Crippen LogP contribution in [0.4, 0.5) is 0 Å². The van der Waals surface area contributed by atoms with Crippen molar-refractivity contribution in [2.75, 3.05) is 0 Å². The van der Waals surface area contributed by atoms with Gasteiger partial charge in [-0.05, 0) is 76.5 Å². The molecule has 6 heteroatoms. The molecule has 0 heterocycles. The summed E-state index contributed by atoms with van der Waals surface area (Å²) < 4.78 is 0. The average molecular weight is 535 g/mol. The van der Waals surface area contributed by atoms with E-state index < -0.39 is 11.3 Å². The number of phenols is 1. The minimum absolute atomic E-state index is 0.00776. The van der Waals surface area contributed by atoms with Crippen molar-refractivity contribution >= 4 is 11.7 Å². The number of nitrogens with two attached hydrogens (primary N) is 1. The van der Waals surface area contributed by atoms with E-state index in [0.717, 1.165) is 16.7 Å². The fraction of sp³-hybridized carbons (Fsp3) is 0.324. The second kappa shape index (κ2) is 9.88. The lowest BCUT2D eigenvalue weighted by Crippen LogP contribution is -2.46. The molecule has 6 nitrogen and oxygen atoms in total. The molecular formula is C34H34N2O4. The summed E-state index contributed by atoms with van der Waals surface area (Å²) in [6.45, 7) is 12.2. The molecule has 0 radical (unpaired) electrons. The van der Waals surface area contributed by atoms with Crippen LogP contribution in [0.25, 0.3) is 11.1 Å². The van der Waals surface area contributed by atoms with Gasteiger partial charge in [-0.15, -0.1) is 12.8 Å². The standard InChI is InChI=1S/C32H32N2O4.C2H2/c1-16-26-19(12-21-14-25(36)27(30(34)38)17(2)32(16,21)15-33)13-23-22(10-11-24(35)28(23)29(26)37)18-6-8-20(9-7-18)31(3,4)5;1-2/h6-11,19,21,35-36H,2,12-14H2,1,3-5H3,(H2,34,38);1-2H/t19?,21-,32+;/m0./s1. The minimum Gasteiger partial charge on any atom is -0.511 e. The maximum absolute atomic E-state index is 14.1. The Morgan fingerprint density at radius 3 is 2.30 bits per heavy atom. The van der Waals surface area contributed by atoms with E-state index in [1.807, 2.05) is 6.07 Å². The van der Waals surface area contributed by atoms with Crippen LogP contribution in [0.5, 0.6) is 5.75 Å². The normalized spacial score (nSPS) is 23.7. The van der Waals surface area contributed by atoms with E-state index >= 15 is 0 Å². The lowest BCUT2D eigenvalue weighted by molar-refractivity contribution is -0.114. The largest absolute Gasteiger partial charge is 0.511 e. The molecule has 1 unspecified atom stereocenters. The van der Waals surface area contributed by atoms with Gasteiger partial charge in [-0.25, -0.2) is 0 Å². The number of primary amides is 1. The molecule has 0 spiro atoms. The summed E-state index contributed by atoms with van der Waals surface area (Å²) in [5.41, 5.74) is 9.33. The number of amides is 1. The molecular weight excluding hydrogens is 500 g/mol. The zero-order valence-electron chi connectivity index (χ0n) is 23.3. The highest BCUT2D eigenvalue weighted by molar-refractivity contribution is 6.14. The van der Waals surface area contributed by atoms with Crippen LogP contribution < -0.4 is 5.73 Å². The van der Waals surface area contributed by atoms with Crippen molar-refractivity contribution in [3.05, 3.63) is 87.7 Å². The van der Waals surface area contributed by atoms with E-state index in [0.29, 0.717) is 24.0 Å². The van der Waals surface area contributed by atoms with E-state index in [2.05, 4.69) is 70.5 Å². The maximum atomic E-state index is 14.1. The van der Waals surface area contributed by atoms with Gasteiger partial charge < -0.3 is 15.9 Å². The van der Waals surface area contributed by atoms with E-state index in [1.54, 1.807) is 13.0 Å². The first-order valence-electron chi connectivity index (χ1n) is 13.2. The van der Waals surface area contributed by atoms with Gasteiger partial charge in [-0.3, -0.25) is 9.59 Å². The maximum Gasteiger partial charge on any atom is 0.252 e. The molecule has 2 aromatic rings. The number of allylic oxidation sites excluding steroid dienone is 3. The van der Waals surface area contributed by atoms with Crippen LogP contribution in [-0.2, 0) is 16.6 Å². The smallest absolute Gasteiger partial charge is 0.252 e. The number of Topliss-reactive ketones (excluding diaryl/α,β-unsaturated/α-hetero) is 1. The van der Waals surface area contributed by atoms with Crippen molar-refractivity contribution in [1.29, 1.82) is 5.26 Å². The van der Waals surface area contributed by atoms with E-state index in [4.69, 9.17) is 5.73 Å². The first kappa shape index (κ1) is 28.5. The summed E-state index contributed by atoms with van der Waals surface area (Å²) in [5, 5.41) is 31.9. The van der Waals surface area contributed by atoms with Gasteiger partial charge in [-0.1, -0.05) is 57.7 Å². The minimum atomic E-state index is -1.33. The Morgan fingerprint density at radius 1 is 1.12 bits per heavy atom. The molecule has 0 aliphatic heterocycles. The summed E-state index contributed by atoms with van der Waals surface area (Å²) in [6.07, 6.45) is 9.07. The van der Waals surface area contributed by atoms with Gasteiger partial charge in [0.25, 0.3) is 5.91 Å². The number of nitrogens with zero attached hydrogens (tertiary/aromatic N) is 1. The molecule has 2 aromatic carbocycles. The highest BCUT2D eigenvalue weighted by Crippen LogP contribution is 2.59. The van der Waals surface area contributed by atoms with Crippen LogP contribution in [-0.4, -0.2) is 21.9 Å². The number of aliphatic hydroxyl groups excluding tert-OH is 1.